The number of rotatable bonds is 6. The van der Waals surface area contributed by atoms with Gasteiger partial charge in [-0.15, -0.1) is 0 Å². The first-order chi connectivity index (χ1) is 7.69. The average Bonchev–Trinajstić information content (AvgIpc) is 2.29. The Labute approximate surface area is 101 Å². The van der Waals surface area contributed by atoms with Crippen molar-refractivity contribution in [1.29, 1.82) is 0 Å². The zero-order chi connectivity index (χ0) is 12.0. The van der Waals surface area contributed by atoms with Gasteiger partial charge in [0.25, 0.3) is 0 Å². The molecule has 5 heteroatoms. The number of ether oxygens (including phenoxy) is 1. The van der Waals surface area contributed by atoms with Crippen molar-refractivity contribution >= 4 is 17.6 Å². The third-order valence-corrected chi connectivity index (χ3v) is 3.33. The van der Waals surface area contributed by atoms with Crippen LogP contribution in [0.2, 0.25) is 0 Å². The fourth-order valence-electron chi connectivity index (χ4n) is 1.35. The summed E-state index contributed by atoms with van der Waals surface area (Å²) < 4.78 is 5.15. The van der Waals surface area contributed by atoms with Gasteiger partial charge in [-0.1, -0.05) is 6.92 Å². The van der Waals surface area contributed by atoms with Gasteiger partial charge in [0.15, 0.2) is 0 Å². The van der Waals surface area contributed by atoms with Crippen LogP contribution in [0.5, 0.6) is 5.88 Å². The second-order valence-electron chi connectivity index (χ2n) is 3.56. The standard InChI is InChI=1S/C11H19N3OS/c1-5-16-6-8(2)14-10-9(3)11(15-4)13-7-12-10/h7-8H,5-6H2,1-4H3,(H,12,13,14). The molecule has 0 saturated carbocycles. The molecule has 0 saturated heterocycles. The van der Waals surface area contributed by atoms with Crippen molar-refractivity contribution < 1.29 is 4.74 Å². The maximum atomic E-state index is 5.15. The van der Waals surface area contributed by atoms with Crippen LogP contribution in [0.1, 0.15) is 19.4 Å². The zero-order valence-corrected chi connectivity index (χ0v) is 11.1. The Morgan fingerprint density at radius 2 is 2.25 bits per heavy atom. The highest BCUT2D eigenvalue weighted by Crippen LogP contribution is 2.20. The van der Waals surface area contributed by atoms with Gasteiger partial charge in [-0.25, -0.2) is 9.97 Å². The Morgan fingerprint density at radius 1 is 1.50 bits per heavy atom. The second kappa shape index (κ2) is 6.58. The van der Waals surface area contributed by atoms with Crippen LogP contribution in [0.3, 0.4) is 0 Å². The fraction of sp³-hybridized carbons (Fsp3) is 0.636. The molecule has 1 N–H and O–H groups in total. The topological polar surface area (TPSA) is 47.0 Å². The monoisotopic (exact) mass is 241 g/mol. The van der Waals surface area contributed by atoms with Crippen LogP contribution in [0.15, 0.2) is 6.33 Å². The van der Waals surface area contributed by atoms with Crippen molar-refractivity contribution in [1.82, 2.24) is 9.97 Å². The van der Waals surface area contributed by atoms with Crippen molar-refractivity contribution in [2.75, 3.05) is 23.9 Å². The number of aromatic nitrogens is 2. The maximum Gasteiger partial charge on any atom is 0.221 e. The molecule has 0 aliphatic heterocycles. The number of hydrogen-bond acceptors (Lipinski definition) is 5. The van der Waals surface area contributed by atoms with Crippen LogP contribution in [0.25, 0.3) is 0 Å². The third kappa shape index (κ3) is 3.56. The van der Waals surface area contributed by atoms with E-state index in [1.165, 1.54) is 6.33 Å². The summed E-state index contributed by atoms with van der Waals surface area (Å²) in [7, 11) is 1.62. The molecule has 0 bridgehead atoms. The number of methoxy groups -OCH3 is 1. The third-order valence-electron chi connectivity index (χ3n) is 2.19. The highest BCUT2D eigenvalue weighted by molar-refractivity contribution is 7.99. The van der Waals surface area contributed by atoms with Gasteiger partial charge in [0.2, 0.25) is 5.88 Å². The van der Waals surface area contributed by atoms with Crippen molar-refractivity contribution in [3.05, 3.63) is 11.9 Å². The number of nitrogens with one attached hydrogen (secondary N) is 1. The number of hydrogen-bond donors (Lipinski definition) is 1. The Kier molecular flexibility index (Phi) is 5.38. The van der Waals surface area contributed by atoms with Gasteiger partial charge in [-0.3, -0.25) is 0 Å². The largest absolute Gasteiger partial charge is 0.481 e. The van der Waals surface area contributed by atoms with E-state index in [1.54, 1.807) is 7.11 Å². The molecular weight excluding hydrogens is 222 g/mol. The highest BCUT2D eigenvalue weighted by atomic mass is 32.2. The van der Waals surface area contributed by atoms with Gasteiger partial charge >= 0.3 is 0 Å². The Bertz CT molecular complexity index is 333. The highest BCUT2D eigenvalue weighted by Gasteiger charge is 2.09. The van der Waals surface area contributed by atoms with Crippen molar-refractivity contribution in [3.8, 4) is 5.88 Å². The summed E-state index contributed by atoms with van der Waals surface area (Å²) in [6, 6.07) is 0.392. The van der Waals surface area contributed by atoms with Gasteiger partial charge in [-0.2, -0.15) is 11.8 Å². The van der Waals surface area contributed by atoms with E-state index < -0.39 is 0 Å². The first kappa shape index (κ1) is 13.1. The van der Waals surface area contributed by atoms with Gasteiger partial charge in [-0.05, 0) is 19.6 Å². The molecule has 1 aromatic rings. The molecule has 1 aromatic heterocycles. The van der Waals surface area contributed by atoms with Crippen LogP contribution in [-0.2, 0) is 0 Å². The minimum atomic E-state index is 0.392. The van der Waals surface area contributed by atoms with E-state index in [9.17, 15) is 0 Å². The summed E-state index contributed by atoms with van der Waals surface area (Å²) in [5.74, 6) is 3.70. The molecule has 0 aromatic carbocycles. The molecule has 1 atom stereocenters. The zero-order valence-electron chi connectivity index (χ0n) is 10.3. The van der Waals surface area contributed by atoms with Crippen LogP contribution in [-0.4, -0.2) is 34.6 Å². The van der Waals surface area contributed by atoms with E-state index in [4.69, 9.17) is 4.74 Å². The minimum Gasteiger partial charge on any atom is -0.481 e. The Hall–Kier alpha value is -0.970. The lowest BCUT2D eigenvalue weighted by atomic mass is 10.3. The van der Waals surface area contributed by atoms with E-state index >= 15 is 0 Å². The first-order valence-electron chi connectivity index (χ1n) is 5.38. The molecule has 0 amide bonds. The molecule has 1 rings (SSSR count). The van der Waals surface area contributed by atoms with Gasteiger partial charge in [0.05, 0.1) is 12.7 Å². The van der Waals surface area contributed by atoms with Crippen molar-refractivity contribution in [3.63, 3.8) is 0 Å². The lowest BCUT2D eigenvalue weighted by molar-refractivity contribution is 0.393. The van der Waals surface area contributed by atoms with Crippen LogP contribution >= 0.6 is 11.8 Å². The molecule has 90 valence electrons. The minimum absolute atomic E-state index is 0.392. The quantitative estimate of drug-likeness (QED) is 0.828. The number of anilines is 1. The van der Waals surface area contributed by atoms with E-state index in [2.05, 4.69) is 29.1 Å². The summed E-state index contributed by atoms with van der Waals surface area (Å²) in [4.78, 5) is 8.27. The van der Waals surface area contributed by atoms with Crippen LogP contribution in [0.4, 0.5) is 5.82 Å². The van der Waals surface area contributed by atoms with E-state index in [-0.39, 0.29) is 0 Å². The van der Waals surface area contributed by atoms with Crippen LogP contribution < -0.4 is 10.1 Å². The van der Waals surface area contributed by atoms with Crippen molar-refractivity contribution in [2.24, 2.45) is 0 Å². The summed E-state index contributed by atoms with van der Waals surface area (Å²) in [5, 5.41) is 3.37. The van der Waals surface area contributed by atoms with E-state index in [1.807, 2.05) is 18.7 Å². The smallest absolute Gasteiger partial charge is 0.221 e. The molecule has 1 unspecified atom stereocenters. The molecular formula is C11H19N3OS. The predicted molar refractivity (Wildman–Crippen MR) is 69.4 cm³/mol. The maximum absolute atomic E-state index is 5.15. The Balaban J connectivity index is 2.66. The average molecular weight is 241 g/mol. The normalized spacial score (nSPS) is 12.2. The lowest BCUT2D eigenvalue weighted by Crippen LogP contribution is -2.19. The van der Waals surface area contributed by atoms with Gasteiger partial charge < -0.3 is 10.1 Å². The molecule has 0 aliphatic carbocycles. The van der Waals surface area contributed by atoms with Gasteiger partial charge in [0, 0.05) is 11.8 Å². The summed E-state index contributed by atoms with van der Waals surface area (Å²) in [6.45, 7) is 6.27. The fourth-order valence-corrected chi connectivity index (χ4v) is 2.03. The molecule has 16 heavy (non-hydrogen) atoms. The molecule has 1 heterocycles. The van der Waals surface area contributed by atoms with E-state index in [0.717, 1.165) is 22.9 Å². The summed E-state index contributed by atoms with van der Waals surface area (Å²) in [5.41, 5.74) is 0.957. The Morgan fingerprint density at radius 3 is 2.88 bits per heavy atom. The second-order valence-corrected chi connectivity index (χ2v) is 4.88. The molecule has 0 fully saturated rings. The molecule has 0 radical (unpaired) electrons. The first-order valence-corrected chi connectivity index (χ1v) is 6.54. The van der Waals surface area contributed by atoms with Crippen molar-refractivity contribution in [2.45, 2.75) is 26.8 Å². The summed E-state index contributed by atoms with van der Waals surface area (Å²) in [6.07, 6.45) is 1.52. The lowest BCUT2D eigenvalue weighted by Gasteiger charge is -2.16. The predicted octanol–water partition coefficient (Wildman–Crippen LogP) is 2.35. The summed E-state index contributed by atoms with van der Waals surface area (Å²) >= 11 is 1.91. The number of nitrogens with zero attached hydrogens (tertiary/aromatic N) is 2. The molecule has 0 spiro atoms. The molecule has 4 nitrogen and oxygen atoms in total. The van der Waals surface area contributed by atoms with Gasteiger partial charge in [0.1, 0.15) is 12.1 Å². The van der Waals surface area contributed by atoms with Crippen LogP contribution in [0, 0.1) is 6.92 Å². The molecule has 0 aliphatic rings. The SMILES string of the molecule is CCSCC(C)Nc1ncnc(OC)c1C. The van der Waals surface area contributed by atoms with E-state index in [0.29, 0.717) is 11.9 Å². The number of thioether (sulfide) groups is 1.